The molecular formula is C21H19N4O4S-. The Kier molecular flexibility index (Phi) is 5.49. The van der Waals surface area contributed by atoms with Gasteiger partial charge in [-0.2, -0.15) is 0 Å². The molecule has 2 heterocycles. The SMILES string of the molecule is O=S(=O)(c1ccc(N([O-])O)cc1)n1c(CCCc2ccccn2)nc2ccccc21. The number of para-hydroxylation sites is 2. The average Bonchev–Trinajstić information content (AvgIpc) is 3.13. The van der Waals surface area contributed by atoms with Gasteiger partial charge in [-0.15, -0.1) is 0 Å². The fraction of sp³-hybridized carbons (Fsp3) is 0.143. The van der Waals surface area contributed by atoms with Crippen LogP contribution in [0.1, 0.15) is 17.9 Å². The van der Waals surface area contributed by atoms with Crippen molar-refractivity contribution in [2.45, 2.75) is 24.2 Å². The van der Waals surface area contributed by atoms with Crippen molar-refractivity contribution in [1.82, 2.24) is 13.9 Å². The van der Waals surface area contributed by atoms with Gasteiger partial charge in [0.2, 0.25) is 0 Å². The number of pyridine rings is 1. The summed E-state index contributed by atoms with van der Waals surface area (Å²) in [6, 6.07) is 17.8. The lowest BCUT2D eigenvalue weighted by Crippen LogP contribution is -2.17. The summed E-state index contributed by atoms with van der Waals surface area (Å²) in [5, 5.41) is 19.7. The number of rotatable bonds is 7. The van der Waals surface area contributed by atoms with Crippen molar-refractivity contribution in [1.29, 1.82) is 0 Å². The monoisotopic (exact) mass is 423 g/mol. The molecule has 4 aromatic rings. The van der Waals surface area contributed by atoms with Gasteiger partial charge < -0.3 is 10.4 Å². The number of nitrogens with zero attached hydrogens (tertiary/aromatic N) is 4. The van der Waals surface area contributed by atoms with Crippen LogP contribution in [0.3, 0.4) is 0 Å². The van der Waals surface area contributed by atoms with Gasteiger partial charge in [-0.1, -0.05) is 18.2 Å². The molecule has 0 spiro atoms. The Morgan fingerprint density at radius 1 is 0.967 bits per heavy atom. The summed E-state index contributed by atoms with van der Waals surface area (Å²) in [5.41, 5.74) is 1.96. The van der Waals surface area contributed by atoms with E-state index in [-0.39, 0.29) is 15.8 Å². The van der Waals surface area contributed by atoms with E-state index in [2.05, 4.69) is 9.97 Å². The number of benzene rings is 2. The van der Waals surface area contributed by atoms with Gasteiger partial charge in [0.15, 0.2) is 0 Å². The highest BCUT2D eigenvalue weighted by Crippen LogP contribution is 2.25. The second kappa shape index (κ2) is 8.23. The Hall–Kier alpha value is -3.27. The van der Waals surface area contributed by atoms with Crippen molar-refractivity contribution in [3.63, 3.8) is 0 Å². The van der Waals surface area contributed by atoms with E-state index >= 15 is 0 Å². The van der Waals surface area contributed by atoms with Gasteiger partial charge in [0, 0.05) is 18.3 Å². The lowest BCUT2D eigenvalue weighted by atomic mass is 10.2. The van der Waals surface area contributed by atoms with Crippen molar-refractivity contribution < 1.29 is 13.6 Å². The van der Waals surface area contributed by atoms with Crippen LogP contribution >= 0.6 is 0 Å². The molecule has 1 N–H and O–H groups in total. The van der Waals surface area contributed by atoms with Crippen molar-refractivity contribution >= 4 is 26.7 Å². The Morgan fingerprint density at radius 3 is 2.40 bits per heavy atom. The largest absolute Gasteiger partial charge is 0.733 e. The topological polar surface area (TPSA) is 111 Å². The highest BCUT2D eigenvalue weighted by atomic mass is 32.2. The third-order valence-corrected chi connectivity index (χ3v) is 6.50. The molecule has 2 aromatic carbocycles. The van der Waals surface area contributed by atoms with Crippen LogP contribution in [-0.4, -0.2) is 27.6 Å². The fourth-order valence-electron chi connectivity index (χ4n) is 3.30. The normalized spacial score (nSPS) is 11.7. The Labute approximate surface area is 173 Å². The molecule has 0 unspecified atom stereocenters. The van der Waals surface area contributed by atoms with E-state index in [0.717, 1.165) is 5.69 Å². The van der Waals surface area contributed by atoms with E-state index in [1.165, 1.54) is 28.2 Å². The second-order valence-electron chi connectivity index (χ2n) is 6.73. The maximum Gasteiger partial charge on any atom is 0.269 e. The molecular weight excluding hydrogens is 404 g/mol. The van der Waals surface area contributed by atoms with Crippen molar-refractivity contribution in [2.24, 2.45) is 0 Å². The van der Waals surface area contributed by atoms with E-state index in [1.807, 2.05) is 24.3 Å². The molecule has 0 atom stereocenters. The summed E-state index contributed by atoms with van der Waals surface area (Å²) >= 11 is 0. The minimum Gasteiger partial charge on any atom is -0.733 e. The molecule has 8 nitrogen and oxygen atoms in total. The predicted molar refractivity (Wildman–Crippen MR) is 113 cm³/mol. The predicted octanol–water partition coefficient (Wildman–Crippen LogP) is 3.54. The molecule has 0 aliphatic rings. The number of anilines is 1. The summed E-state index contributed by atoms with van der Waals surface area (Å²) in [6.07, 6.45) is 3.57. The highest BCUT2D eigenvalue weighted by Gasteiger charge is 2.24. The molecule has 0 saturated carbocycles. The van der Waals surface area contributed by atoms with Crippen LogP contribution in [0.25, 0.3) is 11.0 Å². The molecule has 0 amide bonds. The van der Waals surface area contributed by atoms with Crippen molar-refractivity contribution in [3.05, 3.63) is 89.7 Å². The van der Waals surface area contributed by atoms with Crippen LogP contribution in [0.4, 0.5) is 5.69 Å². The van der Waals surface area contributed by atoms with E-state index in [1.54, 1.807) is 24.4 Å². The number of aromatic nitrogens is 3. The Bertz CT molecular complexity index is 1250. The maximum atomic E-state index is 13.4. The first-order valence-electron chi connectivity index (χ1n) is 9.35. The summed E-state index contributed by atoms with van der Waals surface area (Å²) < 4.78 is 28.1. The van der Waals surface area contributed by atoms with E-state index in [4.69, 9.17) is 5.21 Å². The summed E-state index contributed by atoms with van der Waals surface area (Å²) in [5.74, 6) is 0.434. The van der Waals surface area contributed by atoms with Gasteiger partial charge in [0.1, 0.15) is 5.82 Å². The van der Waals surface area contributed by atoms with E-state index < -0.39 is 10.0 Å². The number of imidazole rings is 1. The van der Waals surface area contributed by atoms with Gasteiger partial charge in [0.25, 0.3) is 10.0 Å². The molecule has 9 heteroatoms. The van der Waals surface area contributed by atoms with E-state index in [0.29, 0.717) is 36.1 Å². The molecule has 0 aliphatic heterocycles. The van der Waals surface area contributed by atoms with Crippen LogP contribution in [0.2, 0.25) is 0 Å². The molecule has 0 aliphatic carbocycles. The zero-order valence-corrected chi connectivity index (χ0v) is 16.7. The summed E-state index contributed by atoms with van der Waals surface area (Å²) in [4.78, 5) is 8.85. The van der Waals surface area contributed by atoms with Gasteiger partial charge in [0.05, 0.1) is 21.6 Å². The van der Waals surface area contributed by atoms with Crippen molar-refractivity contribution in [2.75, 3.05) is 5.23 Å². The molecule has 0 fully saturated rings. The quantitative estimate of drug-likeness (QED) is 0.453. The lowest BCUT2D eigenvalue weighted by Gasteiger charge is -2.21. The molecule has 2 aromatic heterocycles. The summed E-state index contributed by atoms with van der Waals surface area (Å²) in [6.45, 7) is 0. The zero-order valence-electron chi connectivity index (χ0n) is 15.9. The smallest absolute Gasteiger partial charge is 0.269 e. The van der Waals surface area contributed by atoms with Crippen LogP contribution < -0.4 is 5.23 Å². The van der Waals surface area contributed by atoms with Crippen LogP contribution in [0.15, 0.2) is 77.8 Å². The first-order chi connectivity index (χ1) is 14.5. The first-order valence-corrected chi connectivity index (χ1v) is 10.8. The molecule has 0 radical (unpaired) electrons. The Morgan fingerprint density at radius 2 is 1.70 bits per heavy atom. The molecule has 0 saturated heterocycles. The number of hydrogen-bond acceptors (Lipinski definition) is 7. The van der Waals surface area contributed by atoms with Gasteiger partial charge in [-0.05, 0) is 61.4 Å². The van der Waals surface area contributed by atoms with Gasteiger partial charge >= 0.3 is 0 Å². The standard InChI is InChI=1S/C21H19N4O4S/c26-25(27)17-11-13-18(14-12-17)30(28,29)24-20-9-2-1-8-19(20)23-21(24)10-5-7-16-6-3-4-15-22-16/h1-4,6,8-9,11-15,26H,5,7,10H2/q-1. The van der Waals surface area contributed by atoms with Gasteiger partial charge in [-0.25, -0.2) is 17.4 Å². The minimum absolute atomic E-state index is 0.00206. The first kappa shape index (κ1) is 20.0. The number of hydrogen-bond donors (Lipinski definition) is 1. The molecule has 154 valence electrons. The van der Waals surface area contributed by atoms with E-state index in [9.17, 15) is 13.6 Å². The maximum absolute atomic E-state index is 13.4. The molecule has 4 rings (SSSR count). The average molecular weight is 423 g/mol. The minimum atomic E-state index is -3.95. The highest BCUT2D eigenvalue weighted by molar-refractivity contribution is 7.90. The fourth-order valence-corrected chi connectivity index (χ4v) is 4.82. The van der Waals surface area contributed by atoms with Crippen LogP contribution in [0, 0.1) is 5.21 Å². The van der Waals surface area contributed by atoms with Crippen LogP contribution in [0.5, 0.6) is 0 Å². The number of aryl methyl sites for hydroxylation is 2. The number of fused-ring (bicyclic) bond motifs is 1. The zero-order chi connectivity index (χ0) is 21.1. The molecule has 0 bridgehead atoms. The van der Waals surface area contributed by atoms with Crippen LogP contribution in [-0.2, 0) is 22.9 Å². The second-order valence-corrected chi connectivity index (χ2v) is 8.51. The summed E-state index contributed by atoms with van der Waals surface area (Å²) in [7, 11) is -3.95. The van der Waals surface area contributed by atoms with Gasteiger partial charge in [-0.3, -0.25) is 10.2 Å². The van der Waals surface area contributed by atoms with Crippen molar-refractivity contribution in [3.8, 4) is 0 Å². The third-order valence-electron chi connectivity index (χ3n) is 4.74. The lowest BCUT2D eigenvalue weighted by molar-refractivity contribution is 0.296. The molecule has 30 heavy (non-hydrogen) atoms. The third kappa shape index (κ3) is 3.90. The Balaban J connectivity index is 1.70.